The fraction of sp³-hybridized carbons (Fsp3) is 0.148. The number of nitrogens with zero attached hydrogens (tertiary/aromatic N) is 2. The van der Waals surface area contributed by atoms with Crippen LogP contribution in [-0.4, -0.2) is 30.6 Å². The monoisotopic (exact) mass is 587 g/mol. The highest BCUT2D eigenvalue weighted by Gasteiger charge is 2.23. The van der Waals surface area contributed by atoms with Crippen molar-refractivity contribution in [2.24, 2.45) is 10.2 Å². The molecule has 0 spiro atoms. The number of phenols is 1. The summed E-state index contributed by atoms with van der Waals surface area (Å²) in [6.07, 6.45) is 0.168. The molecule has 0 fully saturated rings. The number of phenolic OH excluding ortho intramolecular Hbond substituents is 1. The molecule has 0 radical (unpaired) electrons. The van der Waals surface area contributed by atoms with Gasteiger partial charge in [0.2, 0.25) is 0 Å². The molecule has 202 valence electrons. The highest BCUT2D eigenvalue weighted by Crippen LogP contribution is 2.41. The molecule has 39 heavy (non-hydrogen) atoms. The second-order valence-corrected chi connectivity index (χ2v) is 10.4. The van der Waals surface area contributed by atoms with E-state index in [1.165, 1.54) is 18.2 Å². The molecule has 0 bridgehead atoms. The van der Waals surface area contributed by atoms with Gasteiger partial charge in [0, 0.05) is 10.9 Å². The predicted molar refractivity (Wildman–Crippen MR) is 151 cm³/mol. The van der Waals surface area contributed by atoms with Crippen molar-refractivity contribution >= 4 is 67.1 Å². The number of azo groups is 1. The number of carbonyl (C=O) groups is 1. The van der Waals surface area contributed by atoms with Crippen LogP contribution in [0.4, 0.5) is 17.1 Å². The van der Waals surface area contributed by atoms with E-state index < -0.39 is 26.7 Å². The van der Waals surface area contributed by atoms with Crippen LogP contribution >= 0.6 is 23.2 Å². The number of ether oxygens (including phenoxy) is 1. The van der Waals surface area contributed by atoms with Crippen molar-refractivity contribution in [3.63, 3.8) is 0 Å². The number of nitrogens with one attached hydrogen (secondary N) is 1. The Kier molecular flexibility index (Phi) is 8.41. The fourth-order valence-corrected chi connectivity index (χ4v) is 5.66. The number of para-hydroxylation sites is 1. The Hall–Kier alpha value is -3.70. The van der Waals surface area contributed by atoms with Crippen molar-refractivity contribution < 1.29 is 27.6 Å². The van der Waals surface area contributed by atoms with Gasteiger partial charge in [-0.2, -0.15) is 13.5 Å². The molecular formula is C27H23Cl2N3O6S. The summed E-state index contributed by atoms with van der Waals surface area (Å²) in [4.78, 5) is 12.9. The Morgan fingerprint density at radius 2 is 1.74 bits per heavy atom. The Bertz CT molecular complexity index is 1720. The molecule has 4 aromatic carbocycles. The normalized spacial score (nSPS) is 11.7. The van der Waals surface area contributed by atoms with Gasteiger partial charge in [-0.3, -0.25) is 9.35 Å². The van der Waals surface area contributed by atoms with E-state index in [1.807, 2.05) is 0 Å². The molecule has 3 N–H and O–H groups in total. The first-order valence-electron chi connectivity index (χ1n) is 11.7. The zero-order chi connectivity index (χ0) is 28.3. The van der Waals surface area contributed by atoms with Crippen LogP contribution in [0.3, 0.4) is 0 Å². The third-order valence-corrected chi connectivity index (χ3v) is 7.51. The molecule has 9 nitrogen and oxygen atoms in total. The first kappa shape index (κ1) is 28.3. The summed E-state index contributed by atoms with van der Waals surface area (Å²) in [5.74, 6) is -0.802. The van der Waals surface area contributed by atoms with Crippen molar-refractivity contribution in [1.29, 1.82) is 0 Å². The van der Waals surface area contributed by atoms with Gasteiger partial charge in [-0.15, -0.1) is 5.11 Å². The lowest BCUT2D eigenvalue weighted by Gasteiger charge is -2.14. The smallest absolute Gasteiger partial charge is 0.296 e. The Morgan fingerprint density at radius 3 is 2.44 bits per heavy atom. The van der Waals surface area contributed by atoms with Gasteiger partial charge in [0.25, 0.3) is 16.0 Å². The lowest BCUT2D eigenvalue weighted by molar-refractivity contribution is 0.102. The first-order chi connectivity index (χ1) is 18.6. The third-order valence-electron chi connectivity index (χ3n) is 5.80. The van der Waals surface area contributed by atoms with Crippen molar-refractivity contribution in [3.8, 4) is 11.5 Å². The second kappa shape index (κ2) is 11.6. The van der Waals surface area contributed by atoms with Gasteiger partial charge >= 0.3 is 0 Å². The standard InChI is InChI=1S/C27H23Cl2N3O6S/c1-3-16-21(13-12-20(29)26(16)39(35,36)37)31-32-23-17-9-6-5-8-15(17)14-18(24(23)33)27(34)30-22-11-7-10-19(28)25(22)38-4-2/h5-14,33H,3-4H2,1-2H3,(H,30,34)(H,35,36,37). The number of hydrogen-bond donors (Lipinski definition) is 3. The molecule has 0 atom stereocenters. The maximum Gasteiger partial charge on any atom is 0.296 e. The number of carbonyl (C=O) groups excluding carboxylic acids is 1. The number of hydrogen-bond acceptors (Lipinski definition) is 7. The number of aromatic hydroxyl groups is 1. The second-order valence-electron chi connectivity index (χ2n) is 8.25. The van der Waals surface area contributed by atoms with Gasteiger partial charge in [0.15, 0.2) is 11.5 Å². The number of rotatable bonds is 8. The van der Waals surface area contributed by atoms with Gasteiger partial charge in [0.1, 0.15) is 10.6 Å². The molecule has 0 unspecified atom stereocenters. The number of anilines is 1. The molecule has 0 aliphatic rings. The van der Waals surface area contributed by atoms with Gasteiger partial charge in [-0.25, -0.2) is 0 Å². The maximum atomic E-state index is 13.3. The highest BCUT2D eigenvalue weighted by atomic mass is 35.5. The van der Waals surface area contributed by atoms with Gasteiger partial charge < -0.3 is 15.2 Å². The lowest BCUT2D eigenvalue weighted by Crippen LogP contribution is -2.13. The van der Waals surface area contributed by atoms with E-state index >= 15 is 0 Å². The molecule has 0 heterocycles. The van der Waals surface area contributed by atoms with Crippen LogP contribution in [0.15, 0.2) is 75.8 Å². The van der Waals surface area contributed by atoms with E-state index in [-0.39, 0.29) is 33.9 Å². The highest BCUT2D eigenvalue weighted by molar-refractivity contribution is 7.86. The lowest BCUT2D eigenvalue weighted by atomic mass is 10.0. The van der Waals surface area contributed by atoms with Gasteiger partial charge in [0.05, 0.1) is 33.6 Å². The van der Waals surface area contributed by atoms with E-state index in [0.29, 0.717) is 33.8 Å². The average molecular weight is 588 g/mol. The molecule has 0 saturated carbocycles. The molecule has 12 heteroatoms. The summed E-state index contributed by atoms with van der Waals surface area (Å²) in [5.41, 5.74) is 0.482. The Labute approximate surface area is 234 Å². The molecule has 0 saturated heterocycles. The van der Waals surface area contributed by atoms with Crippen LogP contribution in [0.5, 0.6) is 11.5 Å². The van der Waals surface area contributed by atoms with Crippen LogP contribution in [0.25, 0.3) is 10.8 Å². The first-order valence-corrected chi connectivity index (χ1v) is 13.9. The molecule has 0 aromatic heterocycles. The fourth-order valence-electron chi connectivity index (χ4n) is 4.09. The van der Waals surface area contributed by atoms with Crippen molar-refractivity contribution in [1.82, 2.24) is 0 Å². The molecular weight excluding hydrogens is 565 g/mol. The van der Waals surface area contributed by atoms with E-state index in [2.05, 4.69) is 15.5 Å². The van der Waals surface area contributed by atoms with Crippen LogP contribution < -0.4 is 10.1 Å². The number of halogens is 2. The summed E-state index contributed by atoms with van der Waals surface area (Å²) in [6, 6.07) is 16.1. The van der Waals surface area contributed by atoms with Crippen molar-refractivity contribution in [2.45, 2.75) is 25.2 Å². The summed E-state index contributed by atoms with van der Waals surface area (Å²) in [6.45, 7) is 3.77. The topological polar surface area (TPSA) is 138 Å². The van der Waals surface area contributed by atoms with Crippen molar-refractivity contribution in [2.75, 3.05) is 11.9 Å². The average Bonchev–Trinajstić information content (AvgIpc) is 2.89. The number of benzene rings is 4. The molecule has 4 aromatic rings. The maximum absolute atomic E-state index is 13.3. The summed E-state index contributed by atoms with van der Waals surface area (Å²) in [5, 5.41) is 23.5. The largest absolute Gasteiger partial charge is 0.505 e. The quantitative estimate of drug-likeness (QED) is 0.142. The molecule has 0 aliphatic heterocycles. The minimum Gasteiger partial charge on any atom is -0.505 e. The molecule has 4 rings (SSSR count). The van der Waals surface area contributed by atoms with E-state index in [4.69, 9.17) is 27.9 Å². The van der Waals surface area contributed by atoms with E-state index in [0.717, 1.165) is 0 Å². The molecule has 1 amide bonds. The third kappa shape index (κ3) is 5.84. The van der Waals surface area contributed by atoms with Crippen LogP contribution in [0, 0.1) is 0 Å². The zero-order valence-corrected chi connectivity index (χ0v) is 23.1. The van der Waals surface area contributed by atoms with Crippen LogP contribution in [-0.2, 0) is 16.5 Å². The van der Waals surface area contributed by atoms with Crippen LogP contribution in [0.2, 0.25) is 10.0 Å². The van der Waals surface area contributed by atoms with E-state index in [1.54, 1.807) is 56.3 Å². The van der Waals surface area contributed by atoms with Crippen molar-refractivity contribution in [3.05, 3.63) is 81.8 Å². The van der Waals surface area contributed by atoms with Gasteiger partial charge in [-0.05, 0) is 49.1 Å². The Morgan fingerprint density at radius 1 is 1.00 bits per heavy atom. The van der Waals surface area contributed by atoms with Gasteiger partial charge in [-0.1, -0.05) is 60.5 Å². The minimum atomic E-state index is -4.64. The molecule has 0 aliphatic carbocycles. The Balaban J connectivity index is 1.83. The van der Waals surface area contributed by atoms with E-state index in [9.17, 15) is 22.9 Å². The summed E-state index contributed by atoms with van der Waals surface area (Å²) >= 11 is 12.3. The number of fused-ring (bicyclic) bond motifs is 1. The summed E-state index contributed by atoms with van der Waals surface area (Å²) in [7, 11) is -4.64. The van der Waals surface area contributed by atoms with Crippen LogP contribution in [0.1, 0.15) is 29.8 Å². The summed E-state index contributed by atoms with van der Waals surface area (Å²) < 4.78 is 39.1. The number of amides is 1. The zero-order valence-electron chi connectivity index (χ0n) is 20.8. The SMILES string of the molecule is CCOc1c(Cl)cccc1NC(=O)c1cc2ccccc2c(N=Nc2ccc(Cl)c(S(=O)(=O)O)c2CC)c1O. The minimum absolute atomic E-state index is 0.0141. The predicted octanol–water partition coefficient (Wildman–Crippen LogP) is 7.73.